The molecule has 6 heteroatoms. The lowest BCUT2D eigenvalue weighted by atomic mass is 10.0. The van der Waals surface area contributed by atoms with Gasteiger partial charge in [-0.25, -0.2) is 0 Å². The molecule has 0 heterocycles. The summed E-state index contributed by atoms with van der Waals surface area (Å²) < 4.78 is 0. The van der Waals surface area contributed by atoms with E-state index in [1.807, 2.05) is 6.92 Å². The maximum absolute atomic E-state index is 11.7. The van der Waals surface area contributed by atoms with E-state index in [1.54, 1.807) is 0 Å². The summed E-state index contributed by atoms with van der Waals surface area (Å²) in [6.45, 7) is 4.23. The zero-order chi connectivity index (χ0) is 13.8. The van der Waals surface area contributed by atoms with E-state index in [1.165, 1.54) is 0 Å². The lowest BCUT2D eigenvalue weighted by molar-refractivity contribution is -0.124. The minimum absolute atomic E-state index is 0.0113. The summed E-state index contributed by atoms with van der Waals surface area (Å²) in [6.07, 6.45) is 3.54. The first-order valence-corrected chi connectivity index (χ1v) is 6.58. The molecule has 0 saturated heterocycles. The van der Waals surface area contributed by atoms with Crippen molar-refractivity contribution in [2.75, 3.05) is 26.2 Å². The summed E-state index contributed by atoms with van der Waals surface area (Å²) in [4.78, 5) is 15.8. The maximum atomic E-state index is 11.7. The van der Waals surface area contributed by atoms with Gasteiger partial charge >= 0.3 is 0 Å². The van der Waals surface area contributed by atoms with E-state index in [9.17, 15) is 4.79 Å². The Bertz CT molecular complexity index is 255. The third kappa shape index (κ3) is 8.95. The van der Waals surface area contributed by atoms with Crippen LogP contribution in [0.2, 0.25) is 0 Å². The number of hydrogen-bond acceptors (Lipinski definition) is 4. The van der Waals surface area contributed by atoms with Crippen molar-refractivity contribution in [3.8, 4) is 0 Å². The molecule has 0 fully saturated rings. The van der Waals surface area contributed by atoms with Gasteiger partial charge in [-0.1, -0.05) is 6.92 Å². The van der Waals surface area contributed by atoms with Crippen LogP contribution in [0.5, 0.6) is 0 Å². The second-order valence-corrected chi connectivity index (χ2v) is 4.41. The van der Waals surface area contributed by atoms with Crippen LogP contribution < -0.4 is 22.5 Å². The molecule has 0 bridgehead atoms. The Balaban J connectivity index is 3.61. The highest BCUT2D eigenvalue weighted by atomic mass is 16.1. The molecule has 1 atom stereocenters. The van der Waals surface area contributed by atoms with Crippen LogP contribution in [0.3, 0.4) is 0 Å². The molecule has 0 aromatic carbocycles. The van der Waals surface area contributed by atoms with Crippen LogP contribution in [0.25, 0.3) is 0 Å². The van der Waals surface area contributed by atoms with Gasteiger partial charge in [-0.05, 0) is 32.2 Å². The average molecular weight is 257 g/mol. The Morgan fingerprint density at radius 3 is 2.61 bits per heavy atom. The smallest absolute Gasteiger partial charge is 0.222 e. The summed E-state index contributed by atoms with van der Waals surface area (Å²) in [7, 11) is 0. The second-order valence-electron chi connectivity index (χ2n) is 4.41. The van der Waals surface area contributed by atoms with Crippen molar-refractivity contribution in [1.82, 2.24) is 5.32 Å². The zero-order valence-electron chi connectivity index (χ0n) is 11.3. The van der Waals surface area contributed by atoms with E-state index < -0.39 is 0 Å². The fourth-order valence-corrected chi connectivity index (χ4v) is 1.47. The summed E-state index contributed by atoms with van der Waals surface area (Å²) in [5, 5.41) is 2.90. The van der Waals surface area contributed by atoms with Crippen LogP contribution in [0, 0.1) is 5.92 Å². The van der Waals surface area contributed by atoms with Gasteiger partial charge in [0, 0.05) is 19.0 Å². The minimum Gasteiger partial charge on any atom is -0.386 e. The molecule has 0 aromatic rings. The zero-order valence-corrected chi connectivity index (χ0v) is 11.3. The summed E-state index contributed by atoms with van der Waals surface area (Å²) in [5.41, 5.74) is 16.2. The predicted molar refractivity (Wildman–Crippen MR) is 75.2 cm³/mol. The van der Waals surface area contributed by atoms with Gasteiger partial charge in [0.1, 0.15) is 5.84 Å². The first-order chi connectivity index (χ1) is 8.61. The highest BCUT2D eigenvalue weighted by molar-refractivity contribution is 5.82. The van der Waals surface area contributed by atoms with E-state index in [4.69, 9.17) is 17.2 Å². The first-order valence-electron chi connectivity index (χ1n) is 6.58. The van der Waals surface area contributed by atoms with E-state index in [0.717, 1.165) is 25.7 Å². The largest absolute Gasteiger partial charge is 0.386 e. The van der Waals surface area contributed by atoms with Gasteiger partial charge in [-0.3, -0.25) is 9.79 Å². The predicted octanol–water partition coefficient (Wildman–Crippen LogP) is -0.426. The highest BCUT2D eigenvalue weighted by Crippen LogP contribution is 2.05. The summed E-state index contributed by atoms with van der Waals surface area (Å²) >= 11 is 0. The molecule has 0 spiro atoms. The van der Waals surface area contributed by atoms with Crippen LogP contribution >= 0.6 is 0 Å². The first kappa shape index (κ1) is 16.9. The standard InChI is InChI=1S/C12H27N5O/c1-10(5-4-8-16-11(15)9-14)12(18)17-7-3-2-6-13/h10H,2-9,13-14H2,1H3,(H2,15,16)(H,17,18). The fourth-order valence-electron chi connectivity index (χ4n) is 1.47. The molecule has 0 saturated carbocycles. The van der Waals surface area contributed by atoms with Gasteiger partial charge in [0.05, 0.1) is 6.54 Å². The average Bonchev–Trinajstić information content (AvgIpc) is 2.38. The molecular formula is C12H27N5O. The lowest BCUT2D eigenvalue weighted by Crippen LogP contribution is -2.30. The van der Waals surface area contributed by atoms with E-state index in [-0.39, 0.29) is 18.4 Å². The number of rotatable bonds is 10. The van der Waals surface area contributed by atoms with Crippen molar-refractivity contribution in [3.63, 3.8) is 0 Å². The van der Waals surface area contributed by atoms with Gasteiger partial charge in [-0.2, -0.15) is 0 Å². The molecular weight excluding hydrogens is 230 g/mol. The molecule has 0 radical (unpaired) electrons. The molecule has 6 nitrogen and oxygen atoms in total. The Morgan fingerprint density at radius 1 is 1.28 bits per heavy atom. The van der Waals surface area contributed by atoms with Crippen LogP contribution in [-0.4, -0.2) is 37.9 Å². The Labute approximate surface area is 109 Å². The molecule has 1 unspecified atom stereocenters. The molecule has 0 rings (SSSR count). The van der Waals surface area contributed by atoms with E-state index >= 15 is 0 Å². The fraction of sp³-hybridized carbons (Fsp3) is 0.833. The quantitative estimate of drug-likeness (QED) is 0.241. The number of amidine groups is 1. The van der Waals surface area contributed by atoms with Crippen molar-refractivity contribution in [2.45, 2.75) is 32.6 Å². The third-order valence-corrected chi connectivity index (χ3v) is 2.70. The van der Waals surface area contributed by atoms with Gasteiger partial charge < -0.3 is 22.5 Å². The Morgan fingerprint density at radius 2 is 2.00 bits per heavy atom. The molecule has 0 aliphatic rings. The van der Waals surface area contributed by atoms with Crippen molar-refractivity contribution in [1.29, 1.82) is 0 Å². The van der Waals surface area contributed by atoms with Gasteiger partial charge in [0.15, 0.2) is 0 Å². The van der Waals surface area contributed by atoms with Gasteiger partial charge in [0.2, 0.25) is 5.91 Å². The molecule has 0 aliphatic carbocycles. The van der Waals surface area contributed by atoms with Crippen molar-refractivity contribution in [3.05, 3.63) is 0 Å². The van der Waals surface area contributed by atoms with E-state index in [2.05, 4.69) is 10.3 Å². The summed E-state index contributed by atoms with van der Waals surface area (Å²) in [5.74, 6) is 0.578. The number of carbonyl (C=O) groups excluding carboxylic acids is 1. The highest BCUT2D eigenvalue weighted by Gasteiger charge is 2.11. The van der Waals surface area contributed by atoms with Crippen LogP contribution in [0.4, 0.5) is 0 Å². The number of nitrogens with zero attached hydrogens (tertiary/aromatic N) is 1. The van der Waals surface area contributed by atoms with Crippen molar-refractivity contribution in [2.24, 2.45) is 28.1 Å². The number of nitrogens with two attached hydrogens (primary N) is 3. The molecule has 1 amide bonds. The number of nitrogens with one attached hydrogen (secondary N) is 1. The number of unbranched alkanes of at least 4 members (excludes halogenated alkanes) is 1. The number of aliphatic imine (C=N–C) groups is 1. The van der Waals surface area contributed by atoms with Crippen LogP contribution in [0.1, 0.15) is 32.6 Å². The SMILES string of the molecule is CC(CCCN=C(N)CN)C(=O)NCCCCN. The van der Waals surface area contributed by atoms with E-state index in [0.29, 0.717) is 25.5 Å². The van der Waals surface area contributed by atoms with Crippen molar-refractivity contribution < 1.29 is 4.79 Å². The Kier molecular flexibility index (Phi) is 10.3. The molecule has 0 aromatic heterocycles. The van der Waals surface area contributed by atoms with Crippen molar-refractivity contribution >= 4 is 11.7 Å². The molecule has 0 aliphatic heterocycles. The van der Waals surface area contributed by atoms with Gasteiger partial charge in [0.25, 0.3) is 0 Å². The number of amides is 1. The minimum atomic E-state index is 0.0113. The van der Waals surface area contributed by atoms with Gasteiger partial charge in [-0.15, -0.1) is 0 Å². The molecule has 106 valence electrons. The monoisotopic (exact) mass is 257 g/mol. The van der Waals surface area contributed by atoms with Crippen LogP contribution in [0.15, 0.2) is 4.99 Å². The third-order valence-electron chi connectivity index (χ3n) is 2.70. The second kappa shape index (κ2) is 11.0. The Hall–Kier alpha value is -1.14. The van der Waals surface area contributed by atoms with Crippen LogP contribution in [-0.2, 0) is 4.79 Å². The molecule has 18 heavy (non-hydrogen) atoms. The topological polar surface area (TPSA) is 120 Å². The maximum Gasteiger partial charge on any atom is 0.222 e. The lowest BCUT2D eigenvalue weighted by Gasteiger charge is -2.11. The summed E-state index contributed by atoms with van der Waals surface area (Å²) in [6, 6.07) is 0. The number of carbonyl (C=O) groups is 1. The normalized spacial score (nSPS) is 13.4. The number of hydrogen-bond donors (Lipinski definition) is 4. The molecule has 7 N–H and O–H groups in total.